The average molecular weight is 304 g/mol. The summed E-state index contributed by atoms with van der Waals surface area (Å²) in [7, 11) is 0. The fourth-order valence-corrected chi connectivity index (χ4v) is 2.57. The highest BCUT2D eigenvalue weighted by Crippen LogP contribution is 2.20. The molecule has 0 unspecified atom stereocenters. The van der Waals surface area contributed by atoms with Gasteiger partial charge in [-0.25, -0.2) is 4.39 Å². The van der Waals surface area contributed by atoms with E-state index in [0.717, 1.165) is 0 Å². The SMILES string of the molecule is Cc1nc(CC(=O)N2CCN(c3ccccc3F)CC2)no1. The molecule has 6 nitrogen and oxygen atoms in total. The lowest BCUT2D eigenvalue weighted by Gasteiger charge is -2.36. The van der Waals surface area contributed by atoms with Crippen LogP contribution in [0.5, 0.6) is 0 Å². The van der Waals surface area contributed by atoms with Crippen LogP contribution in [-0.2, 0) is 11.2 Å². The Hall–Kier alpha value is -2.44. The van der Waals surface area contributed by atoms with Crippen molar-refractivity contribution in [1.82, 2.24) is 15.0 Å². The number of aromatic nitrogens is 2. The molecule has 0 saturated carbocycles. The van der Waals surface area contributed by atoms with Crippen LogP contribution in [0.25, 0.3) is 0 Å². The molecular formula is C15H17FN4O2. The van der Waals surface area contributed by atoms with Crippen molar-refractivity contribution in [3.8, 4) is 0 Å². The summed E-state index contributed by atoms with van der Waals surface area (Å²) >= 11 is 0. The molecule has 7 heteroatoms. The number of carbonyl (C=O) groups is 1. The molecule has 1 fully saturated rings. The van der Waals surface area contributed by atoms with Crippen LogP contribution in [-0.4, -0.2) is 47.1 Å². The molecule has 2 aromatic rings. The molecule has 1 aliphatic rings. The maximum absolute atomic E-state index is 13.8. The van der Waals surface area contributed by atoms with Crippen molar-refractivity contribution in [3.05, 3.63) is 41.8 Å². The smallest absolute Gasteiger partial charge is 0.230 e. The number of rotatable bonds is 3. The molecule has 0 radical (unpaired) electrons. The largest absolute Gasteiger partial charge is 0.366 e. The molecule has 3 rings (SSSR count). The number of hydrogen-bond donors (Lipinski definition) is 0. The van der Waals surface area contributed by atoms with E-state index in [2.05, 4.69) is 10.1 Å². The highest BCUT2D eigenvalue weighted by atomic mass is 19.1. The Balaban J connectivity index is 1.57. The van der Waals surface area contributed by atoms with E-state index in [1.807, 2.05) is 11.0 Å². The number of nitrogens with zero attached hydrogens (tertiary/aromatic N) is 4. The number of carbonyl (C=O) groups excluding carboxylic acids is 1. The maximum atomic E-state index is 13.8. The lowest BCUT2D eigenvalue weighted by atomic mass is 10.2. The third kappa shape index (κ3) is 3.08. The van der Waals surface area contributed by atoms with Crippen molar-refractivity contribution in [2.75, 3.05) is 31.1 Å². The molecule has 1 amide bonds. The molecule has 0 atom stereocenters. The first-order valence-corrected chi connectivity index (χ1v) is 7.20. The molecule has 116 valence electrons. The van der Waals surface area contributed by atoms with Crippen LogP contribution in [0.1, 0.15) is 11.7 Å². The maximum Gasteiger partial charge on any atom is 0.230 e. The van der Waals surface area contributed by atoms with Gasteiger partial charge in [-0.15, -0.1) is 0 Å². The lowest BCUT2D eigenvalue weighted by Crippen LogP contribution is -2.49. The highest BCUT2D eigenvalue weighted by Gasteiger charge is 2.23. The molecular weight excluding hydrogens is 287 g/mol. The van der Waals surface area contributed by atoms with Crippen molar-refractivity contribution in [3.63, 3.8) is 0 Å². The summed E-state index contributed by atoms with van der Waals surface area (Å²) in [5.74, 6) is 0.588. The van der Waals surface area contributed by atoms with Gasteiger partial charge in [0.1, 0.15) is 5.82 Å². The first kappa shape index (κ1) is 14.5. The van der Waals surface area contributed by atoms with E-state index < -0.39 is 0 Å². The summed E-state index contributed by atoms with van der Waals surface area (Å²) in [5.41, 5.74) is 0.586. The number of halogens is 1. The summed E-state index contributed by atoms with van der Waals surface area (Å²) in [4.78, 5) is 19.9. The molecule has 1 saturated heterocycles. The van der Waals surface area contributed by atoms with Gasteiger partial charge in [0, 0.05) is 33.1 Å². The van der Waals surface area contributed by atoms with Crippen LogP contribution >= 0.6 is 0 Å². The fraction of sp³-hybridized carbons (Fsp3) is 0.400. The Labute approximate surface area is 127 Å². The first-order valence-electron chi connectivity index (χ1n) is 7.20. The summed E-state index contributed by atoms with van der Waals surface area (Å²) in [6, 6.07) is 6.69. The van der Waals surface area contributed by atoms with Gasteiger partial charge in [0.15, 0.2) is 5.82 Å². The van der Waals surface area contributed by atoms with Crippen LogP contribution in [0.15, 0.2) is 28.8 Å². The molecule has 1 aromatic carbocycles. The van der Waals surface area contributed by atoms with Gasteiger partial charge >= 0.3 is 0 Å². The van der Waals surface area contributed by atoms with Crippen molar-refractivity contribution in [1.29, 1.82) is 0 Å². The third-order valence-corrected chi connectivity index (χ3v) is 3.70. The van der Waals surface area contributed by atoms with Crippen LogP contribution in [0.2, 0.25) is 0 Å². The van der Waals surface area contributed by atoms with E-state index in [1.54, 1.807) is 24.0 Å². The van der Waals surface area contributed by atoms with E-state index >= 15 is 0 Å². The lowest BCUT2D eigenvalue weighted by molar-refractivity contribution is -0.130. The van der Waals surface area contributed by atoms with Crippen LogP contribution in [0, 0.1) is 12.7 Å². The van der Waals surface area contributed by atoms with Crippen LogP contribution in [0.3, 0.4) is 0 Å². The quantitative estimate of drug-likeness (QED) is 0.858. The summed E-state index contributed by atoms with van der Waals surface area (Å²) in [5, 5.41) is 3.73. The Morgan fingerprint density at radius 1 is 1.27 bits per heavy atom. The fourth-order valence-electron chi connectivity index (χ4n) is 2.57. The Morgan fingerprint density at radius 3 is 2.64 bits per heavy atom. The number of anilines is 1. The monoisotopic (exact) mass is 304 g/mol. The van der Waals surface area contributed by atoms with Gasteiger partial charge in [-0.2, -0.15) is 4.98 Å². The Kier molecular flexibility index (Phi) is 4.04. The minimum atomic E-state index is -0.232. The average Bonchev–Trinajstić information content (AvgIpc) is 2.93. The second-order valence-electron chi connectivity index (χ2n) is 5.23. The van der Waals surface area contributed by atoms with E-state index in [4.69, 9.17) is 4.52 Å². The Morgan fingerprint density at radius 2 is 2.00 bits per heavy atom. The standard InChI is InChI=1S/C15H17FN4O2/c1-11-17-14(18-22-11)10-15(21)20-8-6-19(7-9-20)13-5-3-2-4-12(13)16/h2-5H,6-10H2,1H3. The summed E-state index contributed by atoms with van der Waals surface area (Å²) in [6.45, 7) is 4.03. The third-order valence-electron chi connectivity index (χ3n) is 3.70. The number of hydrogen-bond acceptors (Lipinski definition) is 5. The number of benzene rings is 1. The first-order chi connectivity index (χ1) is 10.6. The van der Waals surface area contributed by atoms with E-state index in [-0.39, 0.29) is 18.1 Å². The minimum absolute atomic E-state index is 0.0333. The van der Waals surface area contributed by atoms with E-state index in [1.165, 1.54) is 6.07 Å². The number of para-hydroxylation sites is 1. The van der Waals surface area contributed by atoms with Gasteiger partial charge in [0.2, 0.25) is 11.8 Å². The van der Waals surface area contributed by atoms with Gasteiger partial charge in [-0.05, 0) is 12.1 Å². The molecule has 0 spiro atoms. The summed E-state index contributed by atoms with van der Waals surface area (Å²) < 4.78 is 18.6. The highest BCUT2D eigenvalue weighted by molar-refractivity contribution is 5.78. The van der Waals surface area contributed by atoms with Crippen molar-refractivity contribution in [2.45, 2.75) is 13.3 Å². The number of amides is 1. The Bertz CT molecular complexity index is 665. The molecule has 2 heterocycles. The zero-order chi connectivity index (χ0) is 15.5. The second-order valence-corrected chi connectivity index (χ2v) is 5.23. The predicted molar refractivity (Wildman–Crippen MR) is 77.9 cm³/mol. The topological polar surface area (TPSA) is 62.5 Å². The molecule has 0 aliphatic carbocycles. The number of piperazine rings is 1. The van der Waals surface area contributed by atoms with Gasteiger partial charge in [0.25, 0.3) is 0 Å². The van der Waals surface area contributed by atoms with Crippen LogP contribution in [0.4, 0.5) is 10.1 Å². The molecule has 1 aliphatic heterocycles. The second kappa shape index (κ2) is 6.13. The zero-order valence-electron chi connectivity index (χ0n) is 12.3. The van der Waals surface area contributed by atoms with Crippen molar-refractivity contribution in [2.24, 2.45) is 0 Å². The molecule has 22 heavy (non-hydrogen) atoms. The normalized spacial score (nSPS) is 15.2. The van der Waals surface area contributed by atoms with E-state index in [9.17, 15) is 9.18 Å². The van der Waals surface area contributed by atoms with Crippen LogP contribution < -0.4 is 4.90 Å². The van der Waals surface area contributed by atoms with Gasteiger partial charge < -0.3 is 14.3 Å². The molecule has 0 bridgehead atoms. The van der Waals surface area contributed by atoms with Crippen molar-refractivity contribution >= 4 is 11.6 Å². The minimum Gasteiger partial charge on any atom is -0.366 e. The van der Waals surface area contributed by atoms with Gasteiger partial charge in [0.05, 0.1) is 12.1 Å². The van der Waals surface area contributed by atoms with Gasteiger partial charge in [-0.3, -0.25) is 4.79 Å². The van der Waals surface area contributed by atoms with E-state index in [0.29, 0.717) is 43.6 Å². The number of aryl methyl sites for hydroxylation is 1. The zero-order valence-corrected chi connectivity index (χ0v) is 12.3. The molecule has 1 aromatic heterocycles. The van der Waals surface area contributed by atoms with Gasteiger partial charge in [-0.1, -0.05) is 17.3 Å². The molecule has 0 N–H and O–H groups in total. The summed E-state index contributed by atoms with van der Waals surface area (Å²) in [6.07, 6.45) is 0.136. The predicted octanol–water partition coefficient (Wildman–Crippen LogP) is 1.41. The van der Waals surface area contributed by atoms with Crippen molar-refractivity contribution < 1.29 is 13.7 Å².